The van der Waals surface area contributed by atoms with Gasteiger partial charge in [-0.2, -0.15) is 4.98 Å². The highest BCUT2D eigenvalue weighted by Crippen LogP contribution is 2.18. The quantitative estimate of drug-likeness (QED) is 0.920. The minimum atomic E-state index is -0.492. The average molecular weight is 308 g/mol. The lowest BCUT2D eigenvalue weighted by Gasteiger charge is -2.33. The summed E-state index contributed by atoms with van der Waals surface area (Å²) >= 11 is 0. The van der Waals surface area contributed by atoms with Crippen LogP contribution in [0.1, 0.15) is 33.6 Å². The lowest BCUT2D eigenvalue weighted by atomic mass is 10.1. The number of aromatic nitrogens is 2. The number of nitrogens with zero attached hydrogens (tertiary/aromatic N) is 3. The number of carbonyl (C=O) groups excluding carboxylic acids is 1. The first-order valence-corrected chi connectivity index (χ1v) is 7.49. The third-order valence-electron chi connectivity index (χ3n) is 3.25. The van der Waals surface area contributed by atoms with E-state index in [-0.39, 0.29) is 12.1 Å². The Morgan fingerprint density at radius 2 is 2.23 bits per heavy atom. The molecule has 2 heterocycles. The third-order valence-corrected chi connectivity index (χ3v) is 3.25. The summed E-state index contributed by atoms with van der Waals surface area (Å²) in [7, 11) is 1.58. The maximum atomic E-state index is 11.9. The van der Waals surface area contributed by atoms with Crippen LogP contribution < -0.4 is 15.0 Å². The molecule has 122 valence electrons. The molecule has 1 aliphatic rings. The highest BCUT2D eigenvalue weighted by molar-refractivity contribution is 5.68. The molecule has 1 N–H and O–H groups in total. The molecule has 7 heteroatoms. The molecule has 1 fully saturated rings. The van der Waals surface area contributed by atoms with Crippen LogP contribution in [0.3, 0.4) is 0 Å². The summed E-state index contributed by atoms with van der Waals surface area (Å²) in [6, 6.07) is 1.74. The van der Waals surface area contributed by atoms with Gasteiger partial charge in [0.25, 0.3) is 0 Å². The first-order chi connectivity index (χ1) is 10.4. The van der Waals surface area contributed by atoms with Gasteiger partial charge in [0.15, 0.2) is 0 Å². The molecular formula is C15H24N4O3. The van der Waals surface area contributed by atoms with Crippen LogP contribution in [0.4, 0.5) is 10.7 Å². The number of hydrogen-bond acceptors (Lipinski definition) is 6. The molecule has 1 amide bonds. The van der Waals surface area contributed by atoms with Crippen molar-refractivity contribution < 1.29 is 14.3 Å². The van der Waals surface area contributed by atoms with Crippen LogP contribution in [-0.2, 0) is 4.74 Å². The Morgan fingerprint density at radius 1 is 1.45 bits per heavy atom. The number of rotatable bonds is 3. The fourth-order valence-electron chi connectivity index (χ4n) is 2.35. The molecule has 0 aromatic carbocycles. The van der Waals surface area contributed by atoms with Crippen molar-refractivity contribution in [3.63, 3.8) is 0 Å². The van der Waals surface area contributed by atoms with E-state index in [1.54, 1.807) is 19.4 Å². The summed E-state index contributed by atoms with van der Waals surface area (Å²) < 4.78 is 10.4. The van der Waals surface area contributed by atoms with Gasteiger partial charge in [0.2, 0.25) is 11.8 Å². The zero-order valence-electron chi connectivity index (χ0n) is 13.6. The van der Waals surface area contributed by atoms with Crippen LogP contribution in [0, 0.1) is 0 Å². The van der Waals surface area contributed by atoms with Crippen molar-refractivity contribution in [2.24, 2.45) is 0 Å². The average Bonchev–Trinajstić information content (AvgIpc) is 2.45. The summed E-state index contributed by atoms with van der Waals surface area (Å²) in [5.41, 5.74) is -0.492. The van der Waals surface area contributed by atoms with E-state index in [0.29, 0.717) is 18.4 Å². The predicted octanol–water partition coefficient (Wildman–Crippen LogP) is 1.98. The molecule has 0 aliphatic carbocycles. The molecule has 22 heavy (non-hydrogen) atoms. The molecule has 7 nitrogen and oxygen atoms in total. The van der Waals surface area contributed by atoms with Crippen LogP contribution in [-0.4, -0.2) is 47.9 Å². The predicted molar refractivity (Wildman–Crippen MR) is 83.2 cm³/mol. The Balaban J connectivity index is 1.95. The van der Waals surface area contributed by atoms with Crippen molar-refractivity contribution in [1.29, 1.82) is 0 Å². The number of alkyl carbamates (subject to hydrolysis) is 1. The number of methoxy groups -OCH3 is 1. The van der Waals surface area contributed by atoms with Gasteiger partial charge < -0.3 is 19.7 Å². The van der Waals surface area contributed by atoms with Gasteiger partial charge in [-0.15, -0.1) is 0 Å². The molecular weight excluding hydrogens is 284 g/mol. The molecule has 0 saturated carbocycles. The Kier molecular flexibility index (Phi) is 5.05. The first kappa shape index (κ1) is 16.3. The SMILES string of the molecule is COc1ccnc(N2CCC[C@@H](NC(=O)OC(C)(C)C)C2)n1. The van der Waals surface area contributed by atoms with Gasteiger partial charge in [0.1, 0.15) is 5.60 Å². The summed E-state index contributed by atoms with van der Waals surface area (Å²) in [5, 5.41) is 2.91. The van der Waals surface area contributed by atoms with Crippen LogP contribution >= 0.6 is 0 Å². The summed E-state index contributed by atoms with van der Waals surface area (Å²) in [6.07, 6.45) is 3.17. The molecule has 1 aromatic rings. The zero-order chi connectivity index (χ0) is 16.2. The van der Waals surface area contributed by atoms with Crippen molar-refractivity contribution in [2.75, 3.05) is 25.1 Å². The van der Waals surface area contributed by atoms with E-state index in [1.165, 1.54) is 0 Å². The minimum absolute atomic E-state index is 0.0263. The van der Waals surface area contributed by atoms with Gasteiger partial charge >= 0.3 is 6.09 Å². The van der Waals surface area contributed by atoms with Crippen molar-refractivity contribution in [3.8, 4) is 5.88 Å². The second-order valence-corrected chi connectivity index (χ2v) is 6.33. The van der Waals surface area contributed by atoms with Crippen LogP contribution in [0.15, 0.2) is 12.3 Å². The number of nitrogens with one attached hydrogen (secondary N) is 1. The third kappa shape index (κ3) is 4.75. The fraction of sp³-hybridized carbons (Fsp3) is 0.667. The molecule has 1 aliphatic heterocycles. The molecule has 0 spiro atoms. The number of hydrogen-bond donors (Lipinski definition) is 1. The van der Waals surface area contributed by atoms with Gasteiger partial charge in [-0.3, -0.25) is 0 Å². The van der Waals surface area contributed by atoms with E-state index in [2.05, 4.69) is 15.3 Å². The van der Waals surface area contributed by atoms with Gasteiger partial charge in [-0.25, -0.2) is 9.78 Å². The van der Waals surface area contributed by atoms with Crippen LogP contribution in [0.5, 0.6) is 5.88 Å². The number of amides is 1. The van der Waals surface area contributed by atoms with Crippen molar-refractivity contribution in [2.45, 2.75) is 45.3 Å². The maximum Gasteiger partial charge on any atom is 0.407 e. The fourth-order valence-corrected chi connectivity index (χ4v) is 2.35. The van der Waals surface area contributed by atoms with Crippen molar-refractivity contribution in [3.05, 3.63) is 12.3 Å². The van der Waals surface area contributed by atoms with E-state index in [4.69, 9.17) is 9.47 Å². The first-order valence-electron chi connectivity index (χ1n) is 7.49. The highest BCUT2D eigenvalue weighted by atomic mass is 16.6. The second-order valence-electron chi connectivity index (χ2n) is 6.33. The van der Waals surface area contributed by atoms with Crippen molar-refractivity contribution in [1.82, 2.24) is 15.3 Å². The summed E-state index contributed by atoms with van der Waals surface area (Å²) in [4.78, 5) is 22.5. The molecule has 1 atom stereocenters. The molecule has 0 unspecified atom stereocenters. The van der Waals surface area contributed by atoms with Gasteiger partial charge in [-0.05, 0) is 33.6 Å². The molecule has 1 saturated heterocycles. The molecule has 0 radical (unpaired) electrons. The summed E-state index contributed by atoms with van der Waals surface area (Å²) in [6.45, 7) is 7.07. The van der Waals surface area contributed by atoms with Gasteiger partial charge in [-0.1, -0.05) is 0 Å². The van der Waals surface area contributed by atoms with Gasteiger partial charge in [0, 0.05) is 31.4 Å². The normalized spacial score (nSPS) is 18.7. The highest BCUT2D eigenvalue weighted by Gasteiger charge is 2.25. The van der Waals surface area contributed by atoms with Crippen LogP contribution in [0.2, 0.25) is 0 Å². The van der Waals surface area contributed by atoms with E-state index in [1.807, 2.05) is 25.7 Å². The molecule has 0 bridgehead atoms. The topological polar surface area (TPSA) is 76.6 Å². The van der Waals surface area contributed by atoms with Crippen LogP contribution in [0.25, 0.3) is 0 Å². The number of anilines is 1. The van der Waals surface area contributed by atoms with E-state index in [9.17, 15) is 4.79 Å². The Morgan fingerprint density at radius 3 is 2.91 bits per heavy atom. The minimum Gasteiger partial charge on any atom is -0.481 e. The maximum absolute atomic E-state index is 11.9. The largest absolute Gasteiger partial charge is 0.481 e. The summed E-state index contributed by atoms with van der Waals surface area (Å²) in [5.74, 6) is 1.15. The van der Waals surface area contributed by atoms with Crippen molar-refractivity contribution >= 4 is 12.0 Å². The molecule has 2 rings (SSSR count). The zero-order valence-corrected chi connectivity index (χ0v) is 13.6. The number of piperidine rings is 1. The van der Waals surface area contributed by atoms with E-state index >= 15 is 0 Å². The Bertz CT molecular complexity index is 516. The standard InChI is InChI=1S/C15H24N4O3/c1-15(2,3)22-14(20)17-11-6-5-9-19(10-11)13-16-8-7-12(18-13)21-4/h7-8,11H,5-6,9-10H2,1-4H3,(H,17,20)/t11-/m1/s1. The number of ether oxygens (including phenoxy) is 2. The van der Waals surface area contributed by atoms with E-state index in [0.717, 1.165) is 19.4 Å². The number of carbonyl (C=O) groups is 1. The Labute approximate surface area is 131 Å². The van der Waals surface area contributed by atoms with Gasteiger partial charge in [0.05, 0.1) is 7.11 Å². The Hall–Kier alpha value is -2.05. The lowest BCUT2D eigenvalue weighted by Crippen LogP contribution is -2.49. The smallest absolute Gasteiger partial charge is 0.407 e. The lowest BCUT2D eigenvalue weighted by molar-refractivity contribution is 0.0500. The second kappa shape index (κ2) is 6.81. The monoisotopic (exact) mass is 308 g/mol. The molecule has 1 aromatic heterocycles. The van der Waals surface area contributed by atoms with E-state index < -0.39 is 5.60 Å².